The van der Waals surface area contributed by atoms with E-state index in [-0.39, 0.29) is 0 Å². The van der Waals surface area contributed by atoms with Crippen molar-refractivity contribution in [3.05, 3.63) is 6.92 Å². The Morgan fingerprint density at radius 1 is 1.25 bits per heavy atom. The van der Waals surface area contributed by atoms with Crippen LogP contribution in [0.15, 0.2) is 0 Å². The van der Waals surface area contributed by atoms with Crippen molar-refractivity contribution in [1.29, 1.82) is 0 Å². The molecule has 0 aromatic rings. The van der Waals surface area contributed by atoms with Crippen LogP contribution in [-0.2, 0) is 0 Å². The van der Waals surface area contributed by atoms with Crippen LogP contribution in [0.3, 0.4) is 0 Å². The van der Waals surface area contributed by atoms with Gasteiger partial charge in [0.05, 0.1) is 0 Å². The van der Waals surface area contributed by atoms with E-state index in [1.807, 2.05) is 0 Å². The third-order valence-electron chi connectivity index (χ3n) is 2.63. The Hall–Kier alpha value is -0.0800. The first-order valence-electron chi connectivity index (χ1n) is 5.03. The molecule has 1 saturated heterocycles. The van der Waals surface area contributed by atoms with E-state index in [0.717, 1.165) is 6.54 Å². The Kier molecular flexibility index (Phi) is 4.62. The van der Waals surface area contributed by atoms with Gasteiger partial charge in [-0.15, -0.1) is 0 Å². The van der Waals surface area contributed by atoms with E-state index in [1.54, 1.807) is 0 Å². The van der Waals surface area contributed by atoms with E-state index in [4.69, 9.17) is 0 Å². The zero-order valence-corrected chi connectivity index (χ0v) is 8.26. The van der Waals surface area contributed by atoms with E-state index in [9.17, 15) is 0 Å². The molecular formula is C10H21N2. The van der Waals surface area contributed by atoms with Crippen LogP contribution in [0.25, 0.3) is 0 Å². The zero-order valence-electron chi connectivity index (χ0n) is 8.26. The molecular weight excluding hydrogens is 148 g/mol. The molecule has 0 aromatic carbocycles. The van der Waals surface area contributed by atoms with Gasteiger partial charge in [0.1, 0.15) is 0 Å². The van der Waals surface area contributed by atoms with Crippen molar-refractivity contribution in [3.63, 3.8) is 0 Å². The Morgan fingerprint density at radius 2 is 1.92 bits per heavy atom. The molecule has 0 bridgehead atoms. The van der Waals surface area contributed by atoms with Crippen molar-refractivity contribution in [2.45, 2.75) is 19.3 Å². The highest BCUT2D eigenvalue weighted by Gasteiger charge is 2.09. The first-order valence-corrected chi connectivity index (χ1v) is 5.03. The van der Waals surface area contributed by atoms with Gasteiger partial charge in [0.2, 0.25) is 0 Å². The standard InChI is InChI=1S/C10H21N2/c1-3-11(2)9-10-12-7-5-4-6-8-12/h1,3-10H2,2H3. The van der Waals surface area contributed by atoms with E-state index < -0.39 is 0 Å². The monoisotopic (exact) mass is 169 g/mol. The molecule has 71 valence electrons. The molecule has 0 spiro atoms. The summed E-state index contributed by atoms with van der Waals surface area (Å²) in [4.78, 5) is 4.84. The first kappa shape index (κ1) is 10.0. The summed E-state index contributed by atoms with van der Waals surface area (Å²) in [5, 5.41) is 0. The number of hydrogen-bond donors (Lipinski definition) is 0. The van der Waals surface area contributed by atoms with Crippen LogP contribution in [0.5, 0.6) is 0 Å². The second-order valence-electron chi connectivity index (χ2n) is 3.71. The predicted octanol–water partition coefficient (Wildman–Crippen LogP) is 1.24. The summed E-state index contributed by atoms with van der Waals surface area (Å²) in [5.41, 5.74) is 0. The van der Waals surface area contributed by atoms with Crippen molar-refractivity contribution >= 4 is 0 Å². The number of hydrogen-bond acceptors (Lipinski definition) is 2. The normalized spacial score (nSPS) is 20.2. The molecule has 12 heavy (non-hydrogen) atoms. The lowest BCUT2D eigenvalue weighted by atomic mass is 10.1. The summed E-state index contributed by atoms with van der Waals surface area (Å²) in [6, 6.07) is 0. The maximum absolute atomic E-state index is 3.86. The minimum atomic E-state index is 0.924. The molecule has 0 saturated carbocycles. The molecule has 1 radical (unpaired) electrons. The average molecular weight is 169 g/mol. The lowest BCUT2D eigenvalue weighted by molar-refractivity contribution is 0.201. The molecule has 1 fully saturated rings. The van der Waals surface area contributed by atoms with Gasteiger partial charge in [-0.25, -0.2) is 0 Å². The SMILES string of the molecule is [CH2]CN(C)CCN1CCCCC1. The molecule has 1 rings (SSSR count). The van der Waals surface area contributed by atoms with Gasteiger partial charge in [0.25, 0.3) is 0 Å². The Morgan fingerprint density at radius 3 is 2.50 bits per heavy atom. The van der Waals surface area contributed by atoms with Crippen LogP contribution in [0.2, 0.25) is 0 Å². The Bertz CT molecular complexity index is 108. The average Bonchev–Trinajstić information content (AvgIpc) is 2.16. The fourth-order valence-corrected chi connectivity index (χ4v) is 1.61. The van der Waals surface area contributed by atoms with E-state index in [0.29, 0.717) is 0 Å². The number of nitrogens with zero attached hydrogens (tertiary/aromatic N) is 2. The Labute approximate surface area is 76.5 Å². The molecule has 1 aliphatic rings. The molecule has 0 unspecified atom stereocenters. The van der Waals surface area contributed by atoms with Crippen molar-refractivity contribution in [3.8, 4) is 0 Å². The summed E-state index contributed by atoms with van der Waals surface area (Å²) < 4.78 is 0. The summed E-state index contributed by atoms with van der Waals surface area (Å²) in [7, 11) is 2.14. The van der Waals surface area contributed by atoms with Gasteiger partial charge in [0, 0.05) is 13.1 Å². The summed E-state index contributed by atoms with van der Waals surface area (Å²) in [5.74, 6) is 0. The van der Waals surface area contributed by atoms with Gasteiger partial charge in [0.15, 0.2) is 0 Å². The minimum Gasteiger partial charge on any atom is -0.305 e. The second kappa shape index (κ2) is 5.55. The third kappa shape index (κ3) is 3.55. The number of rotatable bonds is 4. The quantitative estimate of drug-likeness (QED) is 0.625. The van der Waals surface area contributed by atoms with Crippen LogP contribution in [0.1, 0.15) is 19.3 Å². The molecule has 1 heterocycles. The minimum absolute atomic E-state index is 0.924. The third-order valence-corrected chi connectivity index (χ3v) is 2.63. The summed E-state index contributed by atoms with van der Waals surface area (Å²) in [6.45, 7) is 9.80. The lowest BCUT2D eigenvalue weighted by Gasteiger charge is -2.28. The number of piperidine rings is 1. The van der Waals surface area contributed by atoms with E-state index in [1.165, 1.54) is 45.4 Å². The van der Waals surface area contributed by atoms with Crippen LogP contribution >= 0.6 is 0 Å². The van der Waals surface area contributed by atoms with Crippen molar-refractivity contribution in [2.24, 2.45) is 0 Å². The predicted molar refractivity (Wildman–Crippen MR) is 53.1 cm³/mol. The molecule has 2 heteroatoms. The second-order valence-corrected chi connectivity index (χ2v) is 3.71. The Balaban J connectivity index is 2.05. The highest BCUT2D eigenvalue weighted by atomic mass is 15.2. The van der Waals surface area contributed by atoms with E-state index in [2.05, 4.69) is 23.8 Å². The molecule has 0 atom stereocenters. The van der Waals surface area contributed by atoms with Crippen LogP contribution in [-0.4, -0.2) is 49.6 Å². The van der Waals surface area contributed by atoms with Crippen molar-refractivity contribution in [2.75, 3.05) is 39.8 Å². The first-order chi connectivity index (χ1) is 5.83. The molecule has 2 nitrogen and oxygen atoms in total. The zero-order chi connectivity index (χ0) is 8.81. The van der Waals surface area contributed by atoms with Gasteiger partial charge < -0.3 is 9.80 Å². The topological polar surface area (TPSA) is 6.48 Å². The summed E-state index contributed by atoms with van der Waals surface area (Å²) >= 11 is 0. The molecule has 0 aliphatic carbocycles. The lowest BCUT2D eigenvalue weighted by Crippen LogP contribution is -2.36. The van der Waals surface area contributed by atoms with E-state index >= 15 is 0 Å². The van der Waals surface area contributed by atoms with Crippen molar-refractivity contribution in [1.82, 2.24) is 9.80 Å². The largest absolute Gasteiger partial charge is 0.305 e. The van der Waals surface area contributed by atoms with Gasteiger partial charge >= 0.3 is 0 Å². The molecule has 0 N–H and O–H groups in total. The van der Waals surface area contributed by atoms with Gasteiger partial charge in [-0.1, -0.05) is 6.42 Å². The summed E-state index contributed by atoms with van der Waals surface area (Å²) in [6.07, 6.45) is 4.23. The van der Waals surface area contributed by atoms with Gasteiger partial charge in [-0.3, -0.25) is 0 Å². The smallest absolute Gasteiger partial charge is 0.0109 e. The molecule has 1 aliphatic heterocycles. The molecule has 0 amide bonds. The maximum Gasteiger partial charge on any atom is 0.0109 e. The highest BCUT2D eigenvalue weighted by molar-refractivity contribution is 4.66. The number of likely N-dealkylation sites (tertiary alicyclic amines) is 1. The fraction of sp³-hybridized carbons (Fsp3) is 0.900. The van der Waals surface area contributed by atoms with Gasteiger partial charge in [-0.2, -0.15) is 0 Å². The van der Waals surface area contributed by atoms with Gasteiger partial charge in [-0.05, 0) is 46.4 Å². The van der Waals surface area contributed by atoms with Crippen LogP contribution in [0, 0.1) is 6.92 Å². The fourth-order valence-electron chi connectivity index (χ4n) is 1.61. The van der Waals surface area contributed by atoms with Crippen LogP contribution in [0.4, 0.5) is 0 Å². The highest BCUT2D eigenvalue weighted by Crippen LogP contribution is 2.07. The molecule has 0 aromatic heterocycles. The van der Waals surface area contributed by atoms with Crippen LogP contribution < -0.4 is 0 Å². The van der Waals surface area contributed by atoms with Crippen molar-refractivity contribution < 1.29 is 0 Å². The number of likely N-dealkylation sites (N-methyl/N-ethyl adjacent to an activating group) is 1. The maximum atomic E-state index is 3.86.